The highest BCUT2D eigenvalue weighted by molar-refractivity contribution is 9.10. The van der Waals surface area contributed by atoms with E-state index in [-0.39, 0.29) is 19.1 Å². The van der Waals surface area contributed by atoms with Gasteiger partial charge in [-0.25, -0.2) is 0 Å². The first kappa shape index (κ1) is 24.4. The molecule has 1 aromatic carbocycles. The molecule has 0 bridgehead atoms. The summed E-state index contributed by atoms with van der Waals surface area (Å²) in [5.41, 5.74) is -0.803. The van der Waals surface area contributed by atoms with Crippen LogP contribution in [0.4, 0.5) is 0 Å². The SMILES string of the molecule is CCCC(c1ccc(Br)cc1)C(C(=O)OC(C)(C)C)P(=O)(OCC)OCC. The van der Waals surface area contributed by atoms with Gasteiger partial charge in [-0.3, -0.25) is 9.36 Å². The standard InChI is InChI=1S/C20H32BrO5P/c1-7-10-17(15-11-13-16(21)14-12-15)18(19(22)26-20(4,5)6)27(23,24-8-2)25-9-3/h11-14,17-18H,7-10H2,1-6H3. The van der Waals surface area contributed by atoms with Crippen LogP contribution in [0.1, 0.15) is 65.9 Å². The summed E-state index contributed by atoms with van der Waals surface area (Å²) in [5.74, 6) is -0.879. The third-order valence-electron chi connectivity index (χ3n) is 3.89. The largest absolute Gasteiger partial charge is 0.459 e. The lowest BCUT2D eigenvalue weighted by Crippen LogP contribution is -2.36. The van der Waals surface area contributed by atoms with E-state index < -0.39 is 24.8 Å². The summed E-state index contributed by atoms with van der Waals surface area (Å²) in [7, 11) is -3.72. The molecular formula is C20H32BrO5P. The summed E-state index contributed by atoms with van der Waals surface area (Å²) < 4.78 is 31.3. The van der Waals surface area contributed by atoms with E-state index in [2.05, 4.69) is 15.9 Å². The Balaban J connectivity index is 3.48. The van der Waals surface area contributed by atoms with Gasteiger partial charge in [-0.1, -0.05) is 41.4 Å². The van der Waals surface area contributed by atoms with Crippen LogP contribution in [0.5, 0.6) is 0 Å². The number of halogens is 1. The second-order valence-corrected chi connectivity index (χ2v) is 10.4. The molecule has 0 radical (unpaired) electrons. The average molecular weight is 463 g/mol. The molecule has 2 atom stereocenters. The molecule has 0 aliphatic carbocycles. The van der Waals surface area contributed by atoms with Gasteiger partial charge >= 0.3 is 13.6 Å². The molecule has 1 rings (SSSR count). The Morgan fingerprint density at radius 1 is 1.07 bits per heavy atom. The number of carbonyl (C=O) groups excluding carboxylic acids is 1. The Kier molecular flexibility index (Phi) is 9.70. The second-order valence-electron chi connectivity index (χ2n) is 7.30. The smallest absolute Gasteiger partial charge is 0.345 e. The maximum absolute atomic E-state index is 13.6. The highest BCUT2D eigenvalue weighted by atomic mass is 79.9. The zero-order chi connectivity index (χ0) is 20.7. The van der Waals surface area contributed by atoms with Gasteiger partial charge in [0.15, 0.2) is 5.66 Å². The normalized spacial score (nSPS) is 14.6. The van der Waals surface area contributed by atoms with E-state index in [0.29, 0.717) is 6.42 Å². The quantitative estimate of drug-likeness (QED) is 0.301. The molecule has 1 aromatic rings. The first-order chi connectivity index (χ1) is 12.6. The molecule has 7 heteroatoms. The minimum Gasteiger partial charge on any atom is -0.459 e. The Labute approximate surface area is 171 Å². The number of rotatable bonds is 10. The molecule has 0 saturated heterocycles. The fourth-order valence-electron chi connectivity index (χ4n) is 2.96. The lowest BCUT2D eigenvalue weighted by atomic mass is 9.91. The number of hydrogen-bond acceptors (Lipinski definition) is 5. The lowest BCUT2D eigenvalue weighted by molar-refractivity contribution is -0.155. The first-order valence-corrected chi connectivity index (χ1v) is 11.9. The summed E-state index contributed by atoms with van der Waals surface area (Å²) in [6, 6.07) is 7.70. The summed E-state index contributed by atoms with van der Waals surface area (Å²) in [4.78, 5) is 13.1. The van der Waals surface area contributed by atoms with E-state index in [0.717, 1.165) is 16.5 Å². The van der Waals surface area contributed by atoms with Crippen molar-refractivity contribution in [2.45, 2.75) is 71.6 Å². The minimum atomic E-state index is -3.72. The molecule has 0 aliphatic rings. The zero-order valence-electron chi connectivity index (χ0n) is 17.2. The van der Waals surface area contributed by atoms with Crippen LogP contribution in [0.3, 0.4) is 0 Å². The maximum Gasteiger partial charge on any atom is 0.345 e. The Hall–Kier alpha value is -0.680. The second kappa shape index (κ2) is 10.8. The van der Waals surface area contributed by atoms with Crippen molar-refractivity contribution in [1.82, 2.24) is 0 Å². The topological polar surface area (TPSA) is 61.8 Å². The van der Waals surface area contributed by atoms with Gasteiger partial charge in [-0.2, -0.15) is 0 Å². The summed E-state index contributed by atoms with van der Waals surface area (Å²) >= 11 is 3.43. The molecule has 27 heavy (non-hydrogen) atoms. The van der Waals surface area contributed by atoms with Crippen molar-refractivity contribution in [3.05, 3.63) is 34.3 Å². The van der Waals surface area contributed by atoms with Crippen molar-refractivity contribution >= 4 is 29.5 Å². The molecule has 2 unspecified atom stereocenters. The van der Waals surface area contributed by atoms with Crippen LogP contribution in [0, 0.1) is 0 Å². The van der Waals surface area contributed by atoms with Crippen LogP contribution in [0.25, 0.3) is 0 Å². The van der Waals surface area contributed by atoms with Crippen LogP contribution < -0.4 is 0 Å². The van der Waals surface area contributed by atoms with Crippen LogP contribution in [0.2, 0.25) is 0 Å². The van der Waals surface area contributed by atoms with Crippen molar-refractivity contribution < 1.29 is 23.1 Å². The van der Waals surface area contributed by atoms with Crippen LogP contribution in [-0.2, 0) is 23.1 Å². The van der Waals surface area contributed by atoms with Crippen molar-refractivity contribution in [1.29, 1.82) is 0 Å². The first-order valence-electron chi connectivity index (χ1n) is 9.45. The number of carbonyl (C=O) groups is 1. The van der Waals surface area contributed by atoms with Crippen molar-refractivity contribution in [2.75, 3.05) is 13.2 Å². The number of benzene rings is 1. The zero-order valence-corrected chi connectivity index (χ0v) is 19.6. The monoisotopic (exact) mass is 462 g/mol. The van der Waals surface area contributed by atoms with E-state index in [1.807, 2.05) is 31.2 Å². The minimum absolute atomic E-state index is 0.190. The Morgan fingerprint density at radius 3 is 2.00 bits per heavy atom. The lowest BCUT2D eigenvalue weighted by Gasteiger charge is -2.33. The summed E-state index contributed by atoms with van der Waals surface area (Å²) in [6.45, 7) is 11.3. The van der Waals surface area contributed by atoms with E-state index in [9.17, 15) is 9.36 Å². The molecule has 154 valence electrons. The molecule has 0 heterocycles. The van der Waals surface area contributed by atoms with Crippen LogP contribution in [0.15, 0.2) is 28.7 Å². The molecule has 5 nitrogen and oxygen atoms in total. The van der Waals surface area contributed by atoms with Crippen molar-refractivity contribution in [3.63, 3.8) is 0 Å². The van der Waals surface area contributed by atoms with E-state index in [4.69, 9.17) is 13.8 Å². The molecule has 0 amide bonds. The van der Waals surface area contributed by atoms with Gasteiger partial charge in [0.25, 0.3) is 0 Å². The Bertz CT molecular complexity index is 629. The Morgan fingerprint density at radius 2 is 1.59 bits per heavy atom. The predicted molar refractivity (Wildman–Crippen MR) is 112 cm³/mol. The van der Waals surface area contributed by atoms with E-state index in [1.54, 1.807) is 34.6 Å². The van der Waals surface area contributed by atoms with E-state index in [1.165, 1.54) is 0 Å². The highest BCUT2D eigenvalue weighted by Crippen LogP contribution is 2.58. The van der Waals surface area contributed by atoms with Crippen LogP contribution in [-0.4, -0.2) is 30.4 Å². The van der Waals surface area contributed by atoms with Crippen LogP contribution >= 0.6 is 23.5 Å². The van der Waals surface area contributed by atoms with Gasteiger partial charge < -0.3 is 13.8 Å². The fraction of sp³-hybridized carbons (Fsp3) is 0.650. The number of ether oxygens (including phenoxy) is 1. The number of esters is 1. The van der Waals surface area contributed by atoms with Crippen molar-refractivity contribution in [2.24, 2.45) is 0 Å². The molecule has 0 spiro atoms. The highest BCUT2D eigenvalue weighted by Gasteiger charge is 2.48. The van der Waals surface area contributed by atoms with E-state index >= 15 is 0 Å². The molecule has 0 aromatic heterocycles. The summed E-state index contributed by atoms with van der Waals surface area (Å²) in [5, 5.41) is 0. The van der Waals surface area contributed by atoms with Gasteiger partial charge in [-0.05, 0) is 58.7 Å². The van der Waals surface area contributed by atoms with Gasteiger partial charge in [0.2, 0.25) is 0 Å². The molecule has 0 aliphatic heterocycles. The third-order valence-corrected chi connectivity index (χ3v) is 6.90. The third kappa shape index (κ3) is 7.34. The predicted octanol–water partition coefficient (Wildman–Crippen LogP) is 6.31. The van der Waals surface area contributed by atoms with Gasteiger partial charge in [0.1, 0.15) is 5.60 Å². The maximum atomic E-state index is 13.6. The molecule has 0 saturated carbocycles. The van der Waals surface area contributed by atoms with Gasteiger partial charge in [-0.15, -0.1) is 0 Å². The molecular weight excluding hydrogens is 431 g/mol. The van der Waals surface area contributed by atoms with Crippen molar-refractivity contribution in [3.8, 4) is 0 Å². The van der Waals surface area contributed by atoms with Gasteiger partial charge in [0.05, 0.1) is 13.2 Å². The molecule has 0 fully saturated rings. The fourth-order valence-corrected chi connectivity index (χ4v) is 5.41. The number of hydrogen-bond donors (Lipinski definition) is 0. The molecule has 0 N–H and O–H groups in total. The average Bonchev–Trinajstić information content (AvgIpc) is 2.54. The summed E-state index contributed by atoms with van der Waals surface area (Å²) in [6.07, 6.45) is 1.48. The van der Waals surface area contributed by atoms with Gasteiger partial charge in [0, 0.05) is 10.4 Å².